The first-order valence-corrected chi connectivity index (χ1v) is 12.9. The molecule has 2 atom stereocenters. The van der Waals surface area contributed by atoms with Crippen LogP contribution < -0.4 is 14.4 Å². The molecule has 0 N–H and O–H groups in total. The topological polar surface area (TPSA) is 37.8 Å². The highest BCUT2D eigenvalue weighted by Crippen LogP contribution is 2.40. The SMILES string of the molecule is COc1cc(N2CCN3[C@@H](CCC[C@@H]3c3ccc(OCc4cccnc4)c(C)c3C)C2)ccc1Cl. The van der Waals surface area contributed by atoms with Crippen LogP contribution >= 0.6 is 11.6 Å². The zero-order valence-electron chi connectivity index (χ0n) is 20.8. The Morgan fingerprint density at radius 3 is 2.71 bits per heavy atom. The molecule has 0 bridgehead atoms. The molecule has 3 aromatic rings. The molecule has 6 heteroatoms. The molecule has 35 heavy (non-hydrogen) atoms. The fourth-order valence-corrected chi connectivity index (χ4v) is 5.84. The van der Waals surface area contributed by atoms with Crippen molar-refractivity contribution in [1.82, 2.24) is 9.88 Å². The molecule has 2 saturated heterocycles. The smallest absolute Gasteiger partial charge is 0.139 e. The first-order valence-electron chi connectivity index (χ1n) is 12.5. The molecule has 2 aliphatic heterocycles. The summed E-state index contributed by atoms with van der Waals surface area (Å²) in [6.45, 7) is 8.06. The van der Waals surface area contributed by atoms with Crippen LogP contribution in [0.2, 0.25) is 5.02 Å². The lowest BCUT2D eigenvalue weighted by atomic mass is 9.86. The van der Waals surface area contributed by atoms with Crippen molar-refractivity contribution >= 4 is 17.3 Å². The maximum atomic E-state index is 6.26. The molecular formula is C29H34ClN3O2. The summed E-state index contributed by atoms with van der Waals surface area (Å²) >= 11 is 6.26. The summed E-state index contributed by atoms with van der Waals surface area (Å²) in [6, 6.07) is 15.6. The number of pyridine rings is 1. The zero-order chi connectivity index (χ0) is 24.4. The van der Waals surface area contributed by atoms with E-state index in [2.05, 4.69) is 52.9 Å². The quantitative estimate of drug-likeness (QED) is 0.401. The van der Waals surface area contributed by atoms with E-state index in [4.69, 9.17) is 21.1 Å². The zero-order valence-corrected chi connectivity index (χ0v) is 21.6. The summed E-state index contributed by atoms with van der Waals surface area (Å²) in [7, 11) is 1.67. The van der Waals surface area contributed by atoms with Gasteiger partial charge in [-0.05, 0) is 74.1 Å². The van der Waals surface area contributed by atoms with Crippen molar-refractivity contribution in [3.05, 3.63) is 82.1 Å². The number of rotatable bonds is 6. The molecule has 184 valence electrons. The summed E-state index contributed by atoms with van der Waals surface area (Å²) in [5.41, 5.74) is 6.31. The van der Waals surface area contributed by atoms with E-state index in [1.807, 2.05) is 24.4 Å². The van der Waals surface area contributed by atoms with Crippen LogP contribution in [0.15, 0.2) is 54.9 Å². The van der Waals surface area contributed by atoms with Crippen molar-refractivity contribution in [3.63, 3.8) is 0 Å². The Kier molecular flexibility index (Phi) is 7.17. The van der Waals surface area contributed by atoms with Crippen LogP contribution in [-0.2, 0) is 6.61 Å². The lowest BCUT2D eigenvalue weighted by Gasteiger charge is -2.49. The van der Waals surface area contributed by atoms with Crippen molar-refractivity contribution in [2.24, 2.45) is 0 Å². The van der Waals surface area contributed by atoms with Crippen LogP contribution in [0.1, 0.15) is 47.6 Å². The van der Waals surface area contributed by atoms with Crippen molar-refractivity contribution in [2.75, 3.05) is 31.6 Å². The van der Waals surface area contributed by atoms with Crippen LogP contribution in [0, 0.1) is 13.8 Å². The van der Waals surface area contributed by atoms with Gasteiger partial charge in [-0.25, -0.2) is 0 Å². The van der Waals surface area contributed by atoms with Crippen molar-refractivity contribution in [2.45, 2.75) is 51.8 Å². The molecule has 0 amide bonds. The molecule has 0 saturated carbocycles. The summed E-state index contributed by atoms with van der Waals surface area (Å²) < 4.78 is 11.6. The minimum Gasteiger partial charge on any atom is -0.495 e. The predicted octanol–water partition coefficient (Wildman–Crippen LogP) is 6.36. The van der Waals surface area contributed by atoms with E-state index in [0.29, 0.717) is 23.7 Å². The molecule has 0 aliphatic carbocycles. The number of piperidine rings is 1. The average molecular weight is 492 g/mol. The van der Waals surface area contributed by atoms with Gasteiger partial charge in [0.25, 0.3) is 0 Å². The van der Waals surface area contributed by atoms with E-state index in [1.54, 1.807) is 13.3 Å². The molecule has 0 unspecified atom stereocenters. The monoisotopic (exact) mass is 491 g/mol. The number of methoxy groups -OCH3 is 1. The Labute approximate surface area is 213 Å². The van der Waals surface area contributed by atoms with Gasteiger partial charge in [-0.15, -0.1) is 0 Å². The normalized spacial score (nSPS) is 20.4. The molecule has 1 aromatic heterocycles. The fraction of sp³-hybridized carbons (Fsp3) is 0.414. The number of benzene rings is 2. The number of hydrogen-bond acceptors (Lipinski definition) is 5. The van der Waals surface area contributed by atoms with E-state index in [0.717, 1.165) is 36.7 Å². The Bertz CT molecular complexity index is 1170. The first-order chi connectivity index (χ1) is 17.0. The Balaban J connectivity index is 1.31. The fourth-order valence-electron chi connectivity index (χ4n) is 5.64. The van der Waals surface area contributed by atoms with Gasteiger partial charge in [0.15, 0.2) is 0 Å². The van der Waals surface area contributed by atoms with E-state index < -0.39 is 0 Å². The van der Waals surface area contributed by atoms with Gasteiger partial charge in [-0.1, -0.05) is 23.7 Å². The number of anilines is 1. The minimum atomic E-state index is 0.460. The largest absolute Gasteiger partial charge is 0.495 e. The molecule has 5 nitrogen and oxygen atoms in total. The Morgan fingerprint density at radius 2 is 1.91 bits per heavy atom. The van der Waals surface area contributed by atoms with Gasteiger partial charge in [-0.2, -0.15) is 0 Å². The molecule has 2 aliphatic rings. The number of fused-ring (bicyclic) bond motifs is 1. The highest BCUT2D eigenvalue weighted by molar-refractivity contribution is 6.32. The summed E-state index contributed by atoms with van der Waals surface area (Å²) in [5, 5.41) is 0.659. The second kappa shape index (κ2) is 10.5. The van der Waals surface area contributed by atoms with Crippen LogP contribution in [0.4, 0.5) is 5.69 Å². The molecule has 0 spiro atoms. The standard InChI is InChI=1S/C29H34ClN3O2/c1-20-21(2)28(35-19-22-6-5-13-31-17-22)12-10-25(20)27-8-4-7-24-18-32(14-15-33(24)27)23-9-11-26(30)29(16-23)34-3/h5-6,9-13,16-17,24,27H,4,7-8,14-15,18-19H2,1-3H3/t24-,27+/m0/s1. The Hall–Kier alpha value is -2.76. The van der Waals surface area contributed by atoms with Crippen LogP contribution in [-0.4, -0.2) is 42.7 Å². The second-order valence-electron chi connectivity index (χ2n) is 9.66. The van der Waals surface area contributed by atoms with Gasteiger partial charge in [0.05, 0.1) is 12.1 Å². The molecule has 5 rings (SSSR count). The van der Waals surface area contributed by atoms with E-state index in [-0.39, 0.29) is 0 Å². The van der Waals surface area contributed by atoms with Crippen molar-refractivity contribution in [3.8, 4) is 11.5 Å². The third kappa shape index (κ3) is 4.98. The third-order valence-corrected chi connectivity index (χ3v) is 8.01. The number of piperazine rings is 1. The van der Waals surface area contributed by atoms with Crippen molar-refractivity contribution < 1.29 is 9.47 Å². The number of halogens is 1. The summed E-state index contributed by atoms with van der Waals surface area (Å²) in [4.78, 5) is 9.41. The van der Waals surface area contributed by atoms with Gasteiger partial charge in [0.2, 0.25) is 0 Å². The van der Waals surface area contributed by atoms with Crippen LogP contribution in [0.5, 0.6) is 11.5 Å². The molecule has 2 fully saturated rings. The molecule has 3 heterocycles. The lowest BCUT2D eigenvalue weighted by Crippen LogP contribution is -2.56. The maximum absolute atomic E-state index is 6.26. The first kappa shape index (κ1) is 24.0. The Morgan fingerprint density at radius 1 is 1.03 bits per heavy atom. The molecular weight excluding hydrogens is 458 g/mol. The van der Waals surface area contributed by atoms with Crippen molar-refractivity contribution in [1.29, 1.82) is 0 Å². The minimum absolute atomic E-state index is 0.460. The highest BCUT2D eigenvalue weighted by atomic mass is 35.5. The summed E-state index contributed by atoms with van der Waals surface area (Å²) in [6.07, 6.45) is 7.35. The summed E-state index contributed by atoms with van der Waals surface area (Å²) in [5.74, 6) is 1.70. The highest BCUT2D eigenvalue weighted by Gasteiger charge is 2.36. The van der Waals surface area contributed by atoms with Gasteiger partial charge >= 0.3 is 0 Å². The van der Waals surface area contributed by atoms with Gasteiger partial charge < -0.3 is 14.4 Å². The molecule has 0 radical (unpaired) electrons. The van der Waals surface area contributed by atoms with Gasteiger partial charge in [0.1, 0.15) is 18.1 Å². The number of ether oxygens (including phenoxy) is 2. The maximum Gasteiger partial charge on any atom is 0.139 e. The van der Waals surface area contributed by atoms with E-state index in [1.165, 1.54) is 41.6 Å². The van der Waals surface area contributed by atoms with E-state index >= 15 is 0 Å². The second-order valence-corrected chi connectivity index (χ2v) is 10.1. The van der Waals surface area contributed by atoms with Gasteiger partial charge in [-0.3, -0.25) is 9.88 Å². The molecule has 2 aromatic carbocycles. The van der Waals surface area contributed by atoms with E-state index in [9.17, 15) is 0 Å². The number of nitrogens with zero attached hydrogens (tertiary/aromatic N) is 3. The lowest BCUT2D eigenvalue weighted by molar-refractivity contribution is 0.0712. The number of hydrogen-bond donors (Lipinski definition) is 0. The van der Waals surface area contributed by atoms with Gasteiger partial charge in [0, 0.05) is 61.4 Å². The van der Waals surface area contributed by atoms with Crippen LogP contribution in [0.25, 0.3) is 0 Å². The third-order valence-electron chi connectivity index (χ3n) is 7.70. The predicted molar refractivity (Wildman–Crippen MR) is 142 cm³/mol. The number of aromatic nitrogens is 1. The average Bonchev–Trinajstić information content (AvgIpc) is 2.90. The van der Waals surface area contributed by atoms with Crippen LogP contribution in [0.3, 0.4) is 0 Å².